The van der Waals surface area contributed by atoms with Crippen LogP contribution in [0.2, 0.25) is 5.02 Å². The first kappa shape index (κ1) is 21.6. The Bertz CT molecular complexity index is 838. The summed E-state index contributed by atoms with van der Waals surface area (Å²) >= 11 is 6.23. The third-order valence-electron chi connectivity index (χ3n) is 5.27. The average molecular weight is 417 g/mol. The first-order chi connectivity index (χ1) is 13.6. The number of carbonyl (C=O) groups is 1. The van der Waals surface area contributed by atoms with Gasteiger partial charge in [0, 0.05) is 43.2 Å². The van der Waals surface area contributed by atoms with Gasteiger partial charge in [0.2, 0.25) is 5.79 Å². The fourth-order valence-corrected chi connectivity index (χ4v) is 3.60. The van der Waals surface area contributed by atoms with E-state index in [9.17, 15) is 9.90 Å². The highest BCUT2D eigenvalue weighted by atomic mass is 35.5. The normalized spacial score (nSPS) is 17.0. The summed E-state index contributed by atoms with van der Waals surface area (Å²) in [6.45, 7) is 8.36. The van der Waals surface area contributed by atoms with E-state index in [1.165, 1.54) is 5.56 Å². The third kappa shape index (κ3) is 5.95. The number of nitrogens with one attached hydrogen (secondary N) is 1. The summed E-state index contributed by atoms with van der Waals surface area (Å²) in [5, 5.41) is 14.1. The summed E-state index contributed by atoms with van der Waals surface area (Å²) in [6, 6.07) is 15.4. The summed E-state index contributed by atoms with van der Waals surface area (Å²) in [7, 11) is 0. The molecule has 2 N–H and O–H groups in total. The Kier molecular flexibility index (Phi) is 6.52. The molecule has 0 radical (unpaired) electrons. The molecule has 0 bridgehead atoms. The van der Waals surface area contributed by atoms with Crippen LogP contribution in [0, 0.1) is 0 Å². The standard InChI is InChI=1S/C23H29ClN2O3/c1-22(2,3)18-8-10-19(11-9-18)25-21(27)29-23(28)12-14-26(15-13-23)16-17-6-4-5-7-20(17)24/h4-11,28H,12-16H2,1-3H3,(H,25,27). The number of rotatable bonds is 4. The van der Waals surface area contributed by atoms with Crippen LogP contribution in [0.5, 0.6) is 0 Å². The molecule has 0 spiro atoms. The Morgan fingerprint density at radius 3 is 2.34 bits per heavy atom. The van der Waals surface area contributed by atoms with Crippen LogP contribution in [0.1, 0.15) is 44.7 Å². The maximum absolute atomic E-state index is 12.3. The Morgan fingerprint density at radius 2 is 1.76 bits per heavy atom. The lowest BCUT2D eigenvalue weighted by molar-refractivity contribution is -0.186. The van der Waals surface area contributed by atoms with E-state index in [1.807, 2.05) is 48.5 Å². The van der Waals surface area contributed by atoms with Crippen LogP contribution in [0.3, 0.4) is 0 Å². The quantitative estimate of drug-likeness (QED) is 0.675. The first-order valence-corrected chi connectivity index (χ1v) is 10.3. The van der Waals surface area contributed by atoms with Gasteiger partial charge in [-0.2, -0.15) is 0 Å². The van der Waals surface area contributed by atoms with Crippen LogP contribution in [0.25, 0.3) is 0 Å². The number of aliphatic hydroxyl groups is 1. The van der Waals surface area contributed by atoms with Crippen molar-refractivity contribution in [2.24, 2.45) is 0 Å². The lowest BCUT2D eigenvalue weighted by Gasteiger charge is -2.37. The minimum absolute atomic E-state index is 0.0478. The molecule has 1 amide bonds. The van der Waals surface area contributed by atoms with Crippen molar-refractivity contribution in [3.05, 3.63) is 64.7 Å². The fraction of sp³-hybridized carbons (Fsp3) is 0.435. The lowest BCUT2D eigenvalue weighted by Crippen LogP contribution is -2.47. The van der Waals surface area contributed by atoms with Gasteiger partial charge in [-0.25, -0.2) is 4.79 Å². The number of ether oxygens (including phenoxy) is 1. The highest BCUT2D eigenvalue weighted by molar-refractivity contribution is 6.31. The summed E-state index contributed by atoms with van der Waals surface area (Å²) < 4.78 is 5.36. The van der Waals surface area contributed by atoms with Crippen LogP contribution >= 0.6 is 11.6 Å². The number of likely N-dealkylation sites (tertiary alicyclic amines) is 1. The molecule has 5 nitrogen and oxygen atoms in total. The maximum atomic E-state index is 12.3. The molecule has 156 valence electrons. The smallest absolute Gasteiger partial charge is 0.414 e. The number of hydrogen-bond donors (Lipinski definition) is 2. The minimum Gasteiger partial charge on any atom is -0.417 e. The second-order valence-electron chi connectivity index (χ2n) is 8.66. The summed E-state index contributed by atoms with van der Waals surface area (Å²) in [6.07, 6.45) is 0.0670. The van der Waals surface area contributed by atoms with Crippen LogP contribution in [0.15, 0.2) is 48.5 Å². The molecule has 3 rings (SSSR count). The van der Waals surface area contributed by atoms with Gasteiger partial charge in [-0.05, 0) is 34.7 Å². The molecule has 0 aromatic heterocycles. The molecule has 0 unspecified atom stereocenters. The predicted octanol–water partition coefficient (Wildman–Crippen LogP) is 5.17. The molecular weight excluding hydrogens is 388 g/mol. The van der Waals surface area contributed by atoms with Gasteiger partial charge in [0.05, 0.1) is 0 Å². The maximum Gasteiger partial charge on any atom is 0.414 e. The number of benzene rings is 2. The molecule has 6 heteroatoms. The number of piperidine rings is 1. The van der Waals surface area contributed by atoms with Crippen molar-refractivity contribution in [2.45, 2.75) is 51.4 Å². The van der Waals surface area contributed by atoms with Gasteiger partial charge in [-0.3, -0.25) is 10.2 Å². The van der Waals surface area contributed by atoms with Crippen molar-refractivity contribution in [3.8, 4) is 0 Å². The summed E-state index contributed by atoms with van der Waals surface area (Å²) in [4.78, 5) is 14.5. The van der Waals surface area contributed by atoms with Gasteiger partial charge in [0.15, 0.2) is 0 Å². The highest BCUT2D eigenvalue weighted by Crippen LogP contribution is 2.27. The van der Waals surface area contributed by atoms with Gasteiger partial charge in [-0.1, -0.05) is 62.7 Å². The molecular formula is C23H29ClN2O3. The zero-order valence-electron chi connectivity index (χ0n) is 17.2. The molecule has 0 saturated carbocycles. The Morgan fingerprint density at radius 1 is 1.14 bits per heavy atom. The third-order valence-corrected chi connectivity index (χ3v) is 5.64. The fourth-order valence-electron chi connectivity index (χ4n) is 3.40. The number of halogens is 1. The molecule has 1 saturated heterocycles. The average Bonchev–Trinajstić information content (AvgIpc) is 2.65. The highest BCUT2D eigenvalue weighted by Gasteiger charge is 2.36. The van der Waals surface area contributed by atoms with E-state index in [0.717, 1.165) is 10.6 Å². The van der Waals surface area contributed by atoms with Gasteiger partial charge in [0.1, 0.15) is 0 Å². The number of anilines is 1. The molecule has 2 aromatic carbocycles. The molecule has 1 aliphatic heterocycles. The summed E-state index contributed by atoms with van der Waals surface area (Å²) in [5.74, 6) is -1.45. The van der Waals surface area contributed by atoms with E-state index in [2.05, 4.69) is 31.0 Å². The van der Waals surface area contributed by atoms with Crippen molar-refractivity contribution >= 4 is 23.4 Å². The van der Waals surface area contributed by atoms with Crippen molar-refractivity contribution in [3.63, 3.8) is 0 Å². The van der Waals surface area contributed by atoms with E-state index >= 15 is 0 Å². The van der Waals surface area contributed by atoms with Crippen LogP contribution in [-0.4, -0.2) is 35.0 Å². The molecule has 0 atom stereocenters. The molecule has 1 heterocycles. The van der Waals surface area contributed by atoms with Crippen LogP contribution in [0.4, 0.5) is 10.5 Å². The van der Waals surface area contributed by atoms with Gasteiger partial charge < -0.3 is 9.84 Å². The monoisotopic (exact) mass is 416 g/mol. The SMILES string of the molecule is CC(C)(C)c1ccc(NC(=O)OC2(O)CCN(Cc3ccccc3Cl)CC2)cc1. The van der Waals surface area contributed by atoms with E-state index in [-0.39, 0.29) is 5.41 Å². The van der Waals surface area contributed by atoms with Crippen molar-refractivity contribution < 1.29 is 14.6 Å². The molecule has 2 aromatic rings. The number of hydrogen-bond acceptors (Lipinski definition) is 4. The van der Waals surface area contributed by atoms with Crippen molar-refractivity contribution in [2.75, 3.05) is 18.4 Å². The van der Waals surface area contributed by atoms with Crippen LogP contribution < -0.4 is 5.32 Å². The Labute approximate surface area is 177 Å². The number of nitrogens with zero attached hydrogens (tertiary/aromatic N) is 1. The van der Waals surface area contributed by atoms with E-state index in [1.54, 1.807) is 0 Å². The van der Waals surface area contributed by atoms with Gasteiger partial charge >= 0.3 is 6.09 Å². The summed E-state index contributed by atoms with van der Waals surface area (Å²) in [5.41, 5.74) is 2.92. The van der Waals surface area contributed by atoms with E-state index in [0.29, 0.717) is 38.2 Å². The number of amides is 1. The number of carbonyl (C=O) groups excluding carboxylic acids is 1. The van der Waals surface area contributed by atoms with Crippen molar-refractivity contribution in [1.29, 1.82) is 0 Å². The van der Waals surface area contributed by atoms with Gasteiger partial charge in [-0.15, -0.1) is 0 Å². The second-order valence-corrected chi connectivity index (χ2v) is 9.06. The zero-order chi connectivity index (χ0) is 21.1. The Hall–Kier alpha value is -2.08. The molecule has 1 fully saturated rings. The predicted molar refractivity (Wildman–Crippen MR) is 116 cm³/mol. The molecule has 1 aliphatic rings. The zero-order valence-corrected chi connectivity index (χ0v) is 18.0. The molecule has 29 heavy (non-hydrogen) atoms. The second kappa shape index (κ2) is 8.74. The lowest BCUT2D eigenvalue weighted by atomic mass is 9.87. The van der Waals surface area contributed by atoms with Crippen LogP contribution in [-0.2, 0) is 16.7 Å². The Balaban J connectivity index is 1.50. The minimum atomic E-state index is -1.45. The largest absolute Gasteiger partial charge is 0.417 e. The van der Waals surface area contributed by atoms with Crippen molar-refractivity contribution in [1.82, 2.24) is 4.90 Å². The van der Waals surface area contributed by atoms with E-state index < -0.39 is 11.9 Å². The molecule has 0 aliphatic carbocycles. The first-order valence-electron chi connectivity index (χ1n) is 9.93. The topological polar surface area (TPSA) is 61.8 Å². The van der Waals surface area contributed by atoms with E-state index in [4.69, 9.17) is 16.3 Å². The van der Waals surface area contributed by atoms with Gasteiger partial charge in [0.25, 0.3) is 0 Å².